The number of hydrogen-bond donors (Lipinski definition) is 0. The molecule has 0 aliphatic carbocycles. The highest BCUT2D eigenvalue weighted by Crippen LogP contribution is 2.11. The average molecular weight is 338 g/mol. The number of rotatable bonds is 10. The second-order valence-electron chi connectivity index (χ2n) is 5.35. The molecule has 24 heavy (non-hydrogen) atoms. The van der Waals surface area contributed by atoms with E-state index in [-0.39, 0.29) is 24.5 Å². The van der Waals surface area contributed by atoms with Crippen molar-refractivity contribution in [3.05, 3.63) is 35.6 Å². The molecule has 0 radical (unpaired) electrons. The van der Waals surface area contributed by atoms with Gasteiger partial charge in [0, 0.05) is 19.6 Å². The number of ether oxygens (including phenoxy) is 1. The fourth-order valence-corrected chi connectivity index (χ4v) is 2.38. The lowest BCUT2D eigenvalue weighted by Gasteiger charge is -2.26. The minimum Gasteiger partial charge on any atom is -0.466 e. The van der Waals surface area contributed by atoms with Crippen LogP contribution in [0.25, 0.3) is 0 Å². The number of halogens is 1. The largest absolute Gasteiger partial charge is 0.466 e. The van der Waals surface area contributed by atoms with Gasteiger partial charge in [0.2, 0.25) is 0 Å². The Morgan fingerprint density at radius 3 is 2.29 bits per heavy atom. The molecule has 0 N–H and O–H groups in total. The SMILES string of the molecule is CCOC(=O)CCN(CCN(CC)CC)C(=O)c1ccccc1F. The van der Waals surface area contributed by atoms with Gasteiger partial charge in [-0.05, 0) is 32.1 Å². The van der Waals surface area contributed by atoms with Gasteiger partial charge in [0.15, 0.2) is 0 Å². The molecule has 0 unspecified atom stereocenters. The maximum Gasteiger partial charge on any atom is 0.307 e. The molecule has 0 saturated heterocycles. The Balaban J connectivity index is 2.81. The van der Waals surface area contributed by atoms with E-state index in [1.165, 1.54) is 17.0 Å². The molecule has 5 nitrogen and oxygen atoms in total. The van der Waals surface area contributed by atoms with E-state index in [4.69, 9.17) is 4.74 Å². The average Bonchev–Trinajstić information content (AvgIpc) is 2.58. The first kappa shape index (κ1) is 20.1. The minimum atomic E-state index is -0.550. The van der Waals surface area contributed by atoms with E-state index >= 15 is 0 Å². The van der Waals surface area contributed by atoms with Crippen molar-refractivity contribution in [3.8, 4) is 0 Å². The summed E-state index contributed by atoms with van der Waals surface area (Å²) in [6.07, 6.45) is 0.103. The lowest BCUT2D eigenvalue weighted by atomic mass is 10.1. The molecule has 0 spiro atoms. The van der Waals surface area contributed by atoms with E-state index in [2.05, 4.69) is 4.90 Å². The predicted molar refractivity (Wildman–Crippen MR) is 91.3 cm³/mol. The first-order valence-electron chi connectivity index (χ1n) is 8.45. The summed E-state index contributed by atoms with van der Waals surface area (Å²) in [5.74, 6) is -1.30. The van der Waals surface area contributed by atoms with Crippen LogP contribution in [0.2, 0.25) is 0 Å². The minimum absolute atomic E-state index is 0.0286. The van der Waals surface area contributed by atoms with E-state index in [9.17, 15) is 14.0 Å². The third-order valence-corrected chi connectivity index (χ3v) is 3.86. The van der Waals surface area contributed by atoms with Gasteiger partial charge in [-0.1, -0.05) is 26.0 Å². The van der Waals surface area contributed by atoms with Gasteiger partial charge >= 0.3 is 5.97 Å². The van der Waals surface area contributed by atoms with Crippen molar-refractivity contribution in [2.45, 2.75) is 27.2 Å². The van der Waals surface area contributed by atoms with Crippen LogP contribution in [0.5, 0.6) is 0 Å². The molecule has 1 amide bonds. The molecule has 0 atom stereocenters. The Hall–Kier alpha value is -1.95. The maximum absolute atomic E-state index is 13.9. The van der Waals surface area contributed by atoms with Crippen LogP contribution in [0.3, 0.4) is 0 Å². The summed E-state index contributed by atoms with van der Waals surface area (Å²) in [7, 11) is 0. The van der Waals surface area contributed by atoms with Gasteiger partial charge in [-0.15, -0.1) is 0 Å². The van der Waals surface area contributed by atoms with Gasteiger partial charge in [0.25, 0.3) is 5.91 Å². The monoisotopic (exact) mass is 338 g/mol. The summed E-state index contributed by atoms with van der Waals surface area (Å²) in [6.45, 7) is 9.21. The number of likely N-dealkylation sites (N-methyl/N-ethyl adjacent to an activating group) is 1. The summed E-state index contributed by atoms with van der Waals surface area (Å²) in [4.78, 5) is 27.9. The molecule has 0 aliphatic rings. The zero-order valence-electron chi connectivity index (χ0n) is 14.8. The fraction of sp³-hybridized carbons (Fsp3) is 0.556. The van der Waals surface area contributed by atoms with Gasteiger partial charge in [0.1, 0.15) is 5.82 Å². The van der Waals surface area contributed by atoms with Crippen molar-refractivity contribution in [1.29, 1.82) is 0 Å². The number of carbonyl (C=O) groups is 2. The highest BCUT2D eigenvalue weighted by molar-refractivity contribution is 5.94. The highest BCUT2D eigenvalue weighted by atomic mass is 19.1. The topological polar surface area (TPSA) is 49.9 Å². The van der Waals surface area contributed by atoms with Crippen LogP contribution >= 0.6 is 0 Å². The van der Waals surface area contributed by atoms with Crippen LogP contribution in [0.1, 0.15) is 37.6 Å². The Kier molecular flexibility index (Phi) is 9.01. The van der Waals surface area contributed by atoms with Crippen LogP contribution in [0.4, 0.5) is 4.39 Å². The van der Waals surface area contributed by atoms with E-state index in [0.717, 1.165) is 13.1 Å². The lowest BCUT2D eigenvalue weighted by Crippen LogP contribution is -2.40. The van der Waals surface area contributed by atoms with Crippen LogP contribution in [-0.2, 0) is 9.53 Å². The zero-order chi connectivity index (χ0) is 17.9. The van der Waals surface area contributed by atoms with Gasteiger partial charge in [-0.25, -0.2) is 4.39 Å². The van der Waals surface area contributed by atoms with Crippen molar-refractivity contribution in [2.75, 3.05) is 39.3 Å². The number of carbonyl (C=O) groups excluding carboxylic acids is 2. The molecule has 134 valence electrons. The summed E-state index contributed by atoms with van der Waals surface area (Å²) < 4.78 is 18.8. The summed E-state index contributed by atoms with van der Waals surface area (Å²) in [5, 5.41) is 0. The first-order valence-corrected chi connectivity index (χ1v) is 8.45. The van der Waals surface area contributed by atoms with E-state index in [1.807, 2.05) is 13.8 Å². The molecule has 0 heterocycles. The molecular weight excluding hydrogens is 311 g/mol. The van der Waals surface area contributed by atoms with Crippen molar-refractivity contribution in [1.82, 2.24) is 9.80 Å². The highest BCUT2D eigenvalue weighted by Gasteiger charge is 2.20. The van der Waals surface area contributed by atoms with E-state index in [1.54, 1.807) is 19.1 Å². The summed E-state index contributed by atoms with van der Waals surface area (Å²) >= 11 is 0. The zero-order valence-corrected chi connectivity index (χ0v) is 14.8. The second kappa shape index (κ2) is 10.8. The van der Waals surface area contributed by atoms with Gasteiger partial charge in [-0.2, -0.15) is 0 Å². The predicted octanol–water partition coefficient (Wildman–Crippen LogP) is 2.56. The molecule has 0 aliphatic heterocycles. The van der Waals surface area contributed by atoms with Gasteiger partial charge in [0.05, 0.1) is 18.6 Å². The Bertz CT molecular complexity index is 533. The summed E-state index contributed by atoms with van der Waals surface area (Å²) in [6, 6.07) is 5.91. The summed E-state index contributed by atoms with van der Waals surface area (Å²) in [5.41, 5.74) is 0.0286. The molecule has 1 aromatic carbocycles. The standard InChI is InChI=1S/C18H27FN2O3/c1-4-20(5-2)13-14-21(12-11-17(22)24-6-3)18(23)15-9-7-8-10-16(15)19/h7-10H,4-6,11-14H2,1-3H3. The Labute approximate surface area is 143 Å². The molecule has 1 rings (SSSR count). The molecule has 0 bridgehead atoms. The van der Waals surface area contributed by atoms with Crippen LogP contribution < -0.4 is 0 Å². The normalized spacial score (nSPS) is 10.7. The Morgan fingerprint density at radius 2 is 1.71 bits per heavy atom. The van der Waals surface area contributed by atoms with Crippen LogP contribution in [0.15, 0.2) is 24.3 Å². The maximum atomic E-state index is 13.9. The Morgan fingerprint density at radius 1 is 1.04 bits per heavy atom. The number of hydrogen-bond acceptors (Lipinski definition) is 4. The quantitative estimate of drug-likeness (QED) is 0.615. The number of nitrogens with zero attached hydrogens (tertiary/aromatic N) is 2. The fourth-order valence-electron chi connectivity index (χ4n) is 2.38. The number of benzene rings is 1. The molecule has 0 saturated carbocycles. The van der Waals surface area contributed by atoms with Crippen molar-refractivity contribution in [2.24, 2.45) is 0 Å². The first-order chi connectivity index (χ1) is 11.5. The van der Waals surface area contributed by atoms with Gasteiger partial charge in [-0.3, -0.25) is 9.59 Å². The van der Waals surface area contributed by atoms with Crippen LogP contribution in [-0.4, -0.2) is 61.0 Å². The van der Waals surface area contributed by atoms with Crippen molar-refractivity contribution in [3.63, 3.8) is 0 Å². The molecule has 0 aromatic heterocycles. The van der Waals surface area contributed by atoms with E-state index in [0.29, 0.717) is 19.7 Å². The molecular formula is C18H27FN2O3. The number of amides is 1. The lowest BCUT2D eigenvalue weighted by molar-refractivity contribution is -0.143. The van der Waals surface area contributed by atoms with Crippen LogP contribution in [0, 0.1) is 5.82 Å². The molecule has 6 heteroatoms. The second-order valence-corrected chi connectivity index (χ2v) is 5.35. The van der Waals surface area contributed by atoms with Crippen molar-refractivity contribution >= 4 is 11.9 Å². The van der Waals surface area contributed by atoms with Gasteiger partial charge < -0.3 is 14.5 Å². The van der Waals surface area contributed by atoms with Crippen molar-refractivity contribution < 1.29 is 18.7 Å². The number of esters is 1. The molecule has 0 fully saturated rings. The molecule has 1 aromatic rings. The third kappa shape index (κ3) is 6.28. The smallest absolute Gasteiger partial charge is 0.307 e. The third-order valence-electron chi connectivity index (χ3n) is 3.86. The van der Waals surface area contributed by atoms with E-state index < -0.39 is 11.7 Å².